The van der Waals surface area contributed by atoms with E-state index in [-0.39, 0.29) is 0 Å². The van der Waals surface area contributed by atoms with E-state index in [1.807, 2.05) is 19.2 Å². The summed E-state index contributed by atoms with van der Waals surface area (Å²) in [6.07, 6.45) is 2.58. The predicted molar refractivity (Wildman–Crippen MR) is 79.6 cm³/mol. The second-order valence-corrected chi connectivity index (χ2v) is 5.33. The molecule has 0 unspecified atom stereocenters. The largest absolute Gasteiger partial charge is 0.372 e. The van der Waals surface area contributed by atoms with Gasteiger partial charge in [0.25, 0.3) is 0 Å². The Hall–Kier alpha value is -1.01. The van der Waals surface area contributed by atoms with E-state index in [0.29, 0.717) is 5.82 Å². The van der Waals surface area contributed by atoms with Crippen LogP contribution in [0.15, 0.2) is 27.3 Å². The van der Waals surface area contributed by atoms with Crippen molar-refractivity contribution in [2.24, 2.45) is 0 Å². The lowest BCUT2D eigenvalue weighted by atomic mass is 10.3. The molecule has 0 aromatic carbocycles. The Bertz CT molecular complexity index is 529. The average molecular weight is 372 g/mol. The van der Waals surface area contributed by atoms with Gasteiger partial charge in [0, 0.05) is 17.7 Å². The van der Waals surface area contributed by atoms with Crippen LogP contribution in [0.25, 0.3) is 11.5 Å². The third kappa shape index (κ3) is 2.70. The standard InChI is InChI=1S/C12H12Br2N4/c1-3-8-10(14)12(15-2)18-11(17-8)9-5-4-7(13)6-16-9/h4-6H,3H2,1-2H3,(H,15,17,18). The highest BCUT2D eigenvalue weighted by Crippen LogP contribution is 2.26. The summed E-state index contributed by atoms with van der Waals surface area (Å²) in [6.45, 7) is 2.06. The van der Waals surface area contributed by atoms with Crippen molar-refractivity contribution in [3.05, 3.63) is 33.0 Å². The third-order valence-corrected chi connectivity index (χ3v) is 3.75. The molecule has 0 atom stereocenters. The third-order valence-electron chi connectivity index (χ3n) is 2.45. The topological polar surface area (TPSA) is 50.7 Å². The number of rotatable bonds is 3. The predicted octanol–water partition coefficient (Wildman–Crippen LogP) is 3.67. The molecule has 2 aromatic heterocycles. The minimum absolute atomic E-state index is 0.631. The van der Waals surface area contributed by atoms with E-state index in [9.17, 15) is 0 Å². The monoisotopic (exact) mass is 370 g/mol. The number of nitrogens with zero attached hydrogens (tertiary/aromatic N) is 3. The molecule has 0 amide bonds. The number of anilines is 1. The molecule has 0 radical (unpaired) electrons. The summed E-state index contributed by atoms with van der Waals surface area (Å²) >= 11 is 6.87. The molecule has 0 saturated carbocycles. The summed E-state index contributed by atoms with van der Waals surface area (Å²) < 4.78 is 1.85. The summed E-state index contributed by atoms with van der Waals surface area (Å²) in [6, 6.07) is 3.82. The van der Waals surface area contributed by atoms with Crippen LogP contribution in [0.2, 0.25) is 0 Å². The highest BCUT2D eigenvalue weighted by atomic mass is 79.9. The molecule has 2 aromatic rings. The molecule has 0 saturated heterocycles. The second kappa shape index (κ2) is 5.75. The number of aryl methyl sites for hydroxylation is 1. The summed E-state index contributed by atoms with van der Waals surface area (Å²) in [4.78, 5) is 13.3. The minimum atomic E-state index is 0.631. The van der Waals surface area contributed by atoms with Crippen molar-refractivity contribution in [2.45, 2.75) is 13.3 Å². The molecule has 0 aliphatic heterocycles. The van der Waals surface area contributed by atoms with Gasteiger partial charge >= 0.3 is 0 Å². The van der Waals surface area contributed by atoms with Crippen LogP contribution in [0.4, 0.5) is 5.82 Å². The van der Waals surface area contributed by atoms with Crippen LogP contribution in [0.1, 0.15) is 12.6 Å². The van der Waals surface area contributed by atoms with Gasteiger partial charge in [0.2, 0.25) is 0 Å². The number of halogens is 2. The van der Waals surface area contributed by atoms with E-state index in [1.165, 1.54) is 0 Å². The van der Waals surface area contributed by atoms with Crippen LogP contribution in [0, 0.1) is 0 Å². The molecule has 4 nitrogen and oxygen atoms in total. The van der Waals surface area contributed by atoms with Crippen molar-refractivity contribution in [1.29, 1.82) is 0 Å². The minimum Gasteiger partial charge on any atom is -0.372 e. The van der Waals surface area contributed by atoms with Gasteiger partial charge in [-0.1, -0.05) is 6.92 Å². The van der Waals surface area contributed by atoms with Gasteiger partial charge in [-0.25, -0.2) is 9.97 Å². The van der Waals surface area contributed by atoms with Crippen LogP contribution in [-0.4, -0.2) is 22.0 Å². The van der Waals surface area contributed by atoms with Crippen LogP contribution < -0.4 is 5.32 Å². The maximum absolute atomic E-state index is 4.52. The zero-order valence-corrected chi connectivity index (χ0v) is 13.2. The number of hydrogen-bond donors (Lipinski definition) is 1. The van der Waals surface area contributed by atoms with Crippen LogP contribution in [0.3, 0.4) is 0 Å². The molecule has 0 aliphatic rings. The molecule has 18 heavy (non-hydrogen) atoms. The van der Waals surface area contributed by atoms with Crippen molar-refractivity contribution in [2.75, 3.05) is 12.4 Å². The fraction of sp³-hybridized carbons (Fsp3) is 0.250. The summed E-state index contributed by atoms with van der Waals surface area (Å²) in [7, 11) is 1.84. The summed E-state index contributed by atoms with van der Waals surface area (Å²) in [5, 5.41) is 3.06. The first kappa shape index (κ1) is 13.4. The number of pyridine rings is 1. The Morgan fingerprint density at radius 1 is 1.22 bits per heavy atom. The molecule has 0 bridgehead atoms. The first-order valence-corrected chi connectivity index (χ1v) is 7.10. The zero-order valence-electron chi connectivity index (χ0n) is 10.0. The molecule has 94 valence electrons. The Labute approximate surface area is 123 Å². The molecule has 1 N–H and O–H groups in total. The Kier molecular flexibility index (Phi) is 4.29. The zero-order chi connectivity index (χ0) is 13.1. The molecule has 6 heteroatoms. The van der Waals surface area contributed by atoms with Gasteiger partial charge in [0.05, 0.1) is 10.2 Å². The van der Waals surface area contributed by atoms with Crippen molar-refractivity contribution < 1.29 is 0 Å². The van der Waals surface area contributed by atoms with E-state index in [4.69, 9.17) is 0 Å². The molecule has 2 rings (SSSR count). The quantitative estimate of drug-likeness (QED) is 0.894. The molecule has 2 heterocycles. The molecule has 0 spiro atoms. The van der Waals surface area contributed by atoms with Gasteiger partial charge in [0.1, 0.15) is 11.5 Å². The van der Waals surface area contributed by atoms with E-state index >= 15 is 0 Å². The van der Waals surface area contributed by atoms with Gasteiger partial charge < -0.3 is 5.32 Å². The summed E-state index contributed by atoms with van der Waals surface area (Å²) in [5.41, 5.74) is 1.73. The fourth-order valence-corrected chi connectivity index (χ4v) is 2.41. The van der Waals surface area contributed by atoms with Crippen molar-refractivity contribution >= 4 is 37.7 Å². The second-order valence-electron chi connectivity index (χ2n) is 3.62. The molecular weight excluding hydrogens is 360 g/mol. The van der Waals surface area contributed by atoms with Gasteiger partial charge in [-0.15, -0.1) is 0 Å². The van der Waals surface area contributed by atoms with Gasteiger partial charge in [0.15, 0.2) is 5.82 Å². The number of hydrogen-bond acceptors (Lipinski definition) is 4. The van der Waals surface area contributed by atoms with Crippen molar-refractivity contribution in [3.8, 4) is 11.5 Å². The van der Waals surface area contributed by atoms with E-state index in [2.05, 4.69) is 59.1 Å². The van der Waals surface area contributed by atoms with Crippen LogP contribution >= 0.6 is 31.9 Å². The Morgan fingerprint density at radius 2 is 2.00 bits per heavy atom. The average Bonchev–Trinajstić information content (AvgIpc) is 2.40. The van der Waals surface area contributed by atoms with Gasteiger partial charge in [-0.2, -0.15) is 0 Å². The lowest BCUT2D eigenvalue weighted by Gasteiger charge is -2.09. The van der Waals surface area contributed by atoms with Crippen LogP contribution in [-0.2, 0) is 6.42 Å². The molecular formula is C12H12Br2N4. The number of aromatic nitrogens is 3. The maximum Gasteiger partial charge on any atom is 0.180 e. The smallest absolute Gasteiger partial charge is 0.180 e. The van der Waals surface area contributed by atoms with E-state index in [0.717, 1.165) is 32.6 Å². The Balaban J connectivity index is 2.54. The first-order valence-electron chi connectivity index (χ1n) is 5.51. The lowest BCUT2D eigenvalue weighted by Crippen LogP contribution is -2.03. The SMILES string of the molecule is CCc1nc(-c2ccc(Br)cn2)nc(NC)c1Br. The highest BCUT2D eigenvalue weighted by Gasteiger charge is 2.12. The Morgan fingerprint density at radius 3 is 2.56 bits per heavy atom. The highest BCUT2D eigenvalue weighted by molar-refractivity contribution is 9.10. The van der Waals surface area contributed by atoms with Gasteiger partial charge in [-0.05, 0) is 50.4 Å². The van der Waals surface area contributed by atoms with Crippen molar-refractivity contribution in [3.63, 3.8) is 0 Å². The normalized spacial score (nSPS) is 10.4. The maximum atomic E-state index is 4.52. The van der Waals surface area contributed by atoms with Crippen LogP contribution in [0.5, 0.6) is 0 Å². The van der Waals surface area contributed by atoms with Crippen molar-refractivity contribution in [1.82, 2.24) is 15.0 Å². The van der Waals surface area contributed by atoms with E-state index < -0.39 is 0 Å². The van der Waals surface area contributed by atoms with E-state index in [1.54, 1.807) is 6.20 Å². The molecule has 0 aliphatic carbocycles. The van der Waals surface area contributed by atoms with Gasteiger partial charge in [-0.3, -0.25) is 4.98 Å². The summed E-state index contributed by atoms with van der Waals surface area (Å²) in [5.74, 6) is 1.41. The lowest BCUT2D eigenvalue weighted by molar-refractivity contribution is 0.984. The molecule has 0 fully saturated rings. The fourth-order valence-electron chi connectivity index (χ4n) is 1.52. The number of nitrogens with one attached hydrogen (secondary N) is 1. The first-order chi connectivity index (χ1) is 8.65.